The van der Waals surface area contributed by atoms with E-state index in [-0.39, 0.29) is 5.28 Å². The van der Waals surface area contributed by atoms with E-state index in [9.17, 15) is 0 Å². The van der Waals surface area contributed by atoms with E-state index in [2.05, 4.69) is 20.3 Å². The van der Waals surface area contributed by atoms with Gasteiger partial charge in [0.2, 0.25) is 11.2 Å². The third kappa shape index (κ3) is 3.46. The molecule has 6 nitrogen and oxygen atoms in total. The average Bonchev–Trinajstić information content (AvgIpc) is 2.25. The maximum atomic E-state index is 5.80. The first-order chi connectivity index (χ1) is 7.71. The number of halogens is 1. The van der Waals surface area contributed by atoms with E-state index < -0.39 is 0 Å². The molecule has 0 atom stereocenters. The lowest BCUT2D eigenvalue weighted by molar-refractivity contribution is 0.119. The van der Waals surface area contributed by atoms with Crippen LogP contribution in [0.4, 0.5) is 11.9 Å². The van der Waals surface area contributed by atoms with Crippen molar-refractivity contribution in [1.82, 2.24) is 15.0 Å². The molecule has 0 bridgehead atoms. The normalized spacial score (nSPS) is 10.2. The van der Waals surface area contributed by atoms with Gasteiger partial charge in [0.25, 0.3) is 5.95 Å². The molecule has 0 aliphatic carbocycles. The summed E-state index contributed by atoms with van der Waals surface area (Å²) in [4.78, 5) is 17.5. The van der Waals surface area contributed by atoms with Crippen molar-refractivity contribution in [3.8, 4) is 0 Å². The zero-order valence-electron chi connectivity index (χ0n) is 9.70. The minimum absolute atomic E-state index is 0.152. The molecule has 0 spiro atoms. The smallest absolute Gasteiger partial charge is 0.255 e. The highest BCUT2D eigenvalue weighted by molar-refractivity contribution is 6.28. The van der Waals surface area contributed by atoms with Gasteiger partial charge < -0.3 is 5.32 Å². The van der Waals surface area contributed by atoms with Gasteiger partial charge in [0.05, 0.1) is 6.61 Å². The quantitative estimate of drug-likeness (QED) is 0.771. The van der Waals surface area contributed by atoms with Gasteiger partial charge in [-0.3, -0.25) is 4.84 Å². The second-order valence-electron chi connectivity index (χ2n) is 2.87. The van der Waals surface area contributed by atoms with Crippen LogP contribution in [-0.2, 0) is 4.84 Å². The molecule has 0 saturated carbocycles. The Morgan fingerprint density at radius 3 is 2.56 bits per heavy atom. The molecule has 1 N–H and O–H groups in total. The minimum atomic E-state index is 0.152. The average molecular weight is 246 g/mol. The Labute approximate surface area is 100.0 Å². The molecule has 1 rings (SSSR count). The molecular formula is C9H16ClN5O. The van der Waals surface area contributed by atoms with Crippen LogP contribution < -0.4 is 10.4 Å². The van der Waals surface area contributed by atoms with Gasteiger partial charge in [-0.1, -0.05) is 0 Å². The van der Waals surface area contributed by atoms with Crippen LogP contribution in [0.5, 0.6) is 0 Å². The minimum Gasteiger partial charge on any atom is -0.354 e. The van der Waals surface area contributed by atoms with Crippen LogP contribution in [-0.4, -0.2) is 34.6 Å². The van der Waals surface area contributed by atoms with Gasteiger partial charge in [-0.2, -0.15) is 15.0 Å². The lowest BCUT2D eigenvalue weighted by Gasteiger charge is -2.19. The van der Waals surface area contributed by atoms with Crippen LogP contribution in [0.2, 0.25) is 5.28 Å². The van der Waals surface area contributed by atoms with Gasteiger partial charge in [0.1, 0.15) is 0 Å². The Morgan fingerprint density at radius 1 is 1.25 bits per heavy atom. The molecule has 0 aliphatic rings. The molecule has 1 aromatic rings. The topological polar surface area (TPSA) is 63.2 Å². The largest absolute Gasteiger partial charge is 0.354 e. The molecule has 90 valence electrons. The molecule has 0 aliphatic heterocycles. The summed E-state index contributed by atoms with van der Waals surface area (Å²) in [7, 11) is 0. The summed E-state index contributed by atoms with van der Waals surface area (Å²) in [6.07, 6.45) is 0. The van der Waals surface area contributed by atoms with E-state index >= 15 is 0 Å². The summed E-state index contributed by atoms with van der Waals surface area (Å²) in [5.74, 6) is 0.871. The second kappa shape index (κ2) is 6.44. The van der Waals surface area contributed by atoms with Crippen molar-refractivity contribution < 1.29 is 4.84 Å². The van der Waals surface area contributed by atoms with E-state index in [0.717, 1.165) is 6.54 Å². The number of hydrogen-bond acceptors (Lipinski definition) is 6. The van der Waals surface area contributed by atoms with Crippen LogP contribution in [0.25, 0.3) is 0 Å². The van der Waals surface area contributed by atoms with Crippen molar-refractivity contribution in [2.24, 2.45) is 0 Å². The van der Waals surface area contributed by atoms with E-state index in [0.29, 0.717) is 25.0 Å². The predicted molar refractivity (Wildman–Crippen MR) is 63.6 cm³/mol. The van der Waals surface area contributed by atoms with Crippen LogP contribution in [0.1, 0.15) is 20.8 Å². The highest BCUT2D eigenvalue weighted by Crippen LogP contribution is 2.13. The van der Waals surface area contributed by atoms with Crippen molar-refractivity contribution in [1.29, 1.82) is 0 Å². The van der Waals surface area contributed by atoms with E-state index in [4.69, 9.17) is 16.4 Å². The Balaban J connectivity index is 2.92. The SMILES string of the molecule is CCNc1nc(Cl)nc(N(CC)OCC)n1. The third-order valence-electron chi connectivity index (χ3n) is 1.73. The predicted octanol–water partition coefficient (Wildman–Crippen LogP) is 1.73. The Bertz CT molecular complexity index is 336. The third-order valence-corrected chi connectivity index (χ3v) is 1.90. The zero-order chi connectivity index (χ0) is 12.0. The summed E-state index contributed by atoms with van der Waals surface area (Å²) in [5, 5.41) is 4.71. The highest BCUT2D eigenvalue weighted by atomic mass is 35.5. The summed E-state index contributed by atoms with van der Waals surface area (Å²) in [6, 6.07) is 0. The number of aromatic nitrogens is 3. The van der Waals surface area contributed by atoms with Gasteiger partial charge in [-0.05, 0) is 32.4 Å². The van der Waals surface area contributed by atoms with Crippen molar-refractivity contribution in [3.63, 3.8) is 0 Å². The fourth-order valence-corrected chi connectivity index (χ4v) is 1.29. The molecular weight excluding hydrogens is 230 g/mol. The van der Waals surface area contributed by atoms with Crippen LogP contribution in [0.3, 0.4) is 0 Å². The van der Waals surface area contributed by atoms with Gasteiger partial charge in [-0.15, -0.1) is 0 Å². The molecule has 1 aromatic heterocycles. The molecule has 0 saturated heterocycles. The lowest BCUT2D eigenvalue weighted by Crippen LogP contribution is -2.25. The van der Waals surface area contributed by atoms with E-state index in [1.807, 2.05) is 20.8 Å². The first kappa shape index (κ1) is 12.9. The Hall–Kier alpha value is -1.14. The first-order valence-corrected chi connectivity index (χ1v) is 5.64. The fraction of sp³-hybridized carbons (Fsp3) is 0.667. The van der Waals surface area contributed by atoms with Crippen molar-refractivity contribution in [2.75, 3.05) is 30.1 Å². The Kier molecular flexibility index (Phi) is 5.21. The number of anilines is 2. The number of rotatable bonds is 6. The summed E-state index contributed by atoms with van der Waals surface area (Å²) in [6.45, 7) is 7.71. The lowest BCUT2D eigenvalue weighted by atomic mass is 10.7. The molecule has 0 radical (unpaired) electrons. The van der Waals surface area contributed by atoms with E-state index in [1.54, 1.807) is 5.06 Å². The van der Waals surface area contributed by atoms with Crippen molar-refractivity contribution >= 4 is 23.5 Å². The number of nitrogens with one attached hydrogen (secondary N) is 1. The monoisotopic (exact) mass is 245 g/mol. The van der Waals surface area contributed by atoms with Gasteiger partial charge in [-0.25, -0.2) is 5.06 Å². The standard InChI is InChI=1S/C9H16ClN5O/c1-4-11-8-12-7(10)13-9(14-8)15(5-2)16-6-3/h4-6H2,1-3H3,(H,11,12,13,14). The zero-order valence-corrected chi connectivity index (χ0v) is 10.5. The van der Waals surface area contributed by atoms with Crippen LogP contribution in [0.15, 0.2) is 0 Å². The number of hydroxylamine groups is 1. The summed E-state index contributed by atoms with van der Waals surface area (Å²) in [5.41, 5.74) is 0. The molecule has 1 heterocycles. The van der Waals surface area contributed by atoms with Crippen molar-refractivity contribution in [3.05, 3.63) is 5.28 Å². The van der Waals surface area contributed by atoms with Gasteiger partial charge >= 0.3 is 0 Å². The highest BCUT2D eigenvalue weighted by Gasteiger charge is 2.11. The number of nitrogens with zero attached hydrogens (tertiary/aromatic N) is 4. The first-order valence-electron chi connectivity index (χ1n) is 5.27. The van der Waals surface area contributed by atoms with Crippen molar-refractivity contribution in [2.45, 2.75) is 20.8 Å². The van der Waals surface area contributed by atoms with Crippen LogP contribution in [0, 0.1) is 0 Å². The maximum Gasteiger partial charge on any atom is 0.255 e. The molecule has 16 heavy (non-hydrogen) atoms. The Morgan fingerprint density at radius 2 is 2.00 bits per heavy atom. The molecule has 0 amide bonds. The maximum absolute atomic E-state index is 5.80. The fourth-order valence-electron chi connectivity index (χ4n) is 1.13. The van der Waals surface area contributed by atoms with E-state index in [1.165, 1.54) is 0 Å². The molecule has 0 unspecified atom stereocenters. The van der Waals surface area contributed by atoms with Gasteiger partial charge in [0.15, 0.2) is 0 Å². The second-order valence-corrected chi connectivity index (χ2v) is 3.21. The summed E-state index contributed by atoms with van der Waals surface area (Å²) < 4.78 is 0. The van der Waals surface area contributed by atoms with Gasteiger partial charge in [0, 0.05) is 13.1 Å². The molecule has 0 fully saturated rings. The molecule has 0 aromatic carbocycles. The summed E-state index contributed by atoms with van der Waals surface area (Å²) >= 11 is 5.80. The number of hydrogen-bond donors (Lipinski definition) is 1. The molecule has 7 heteroatoms. The van der Waals surface area contributed by atoms with Crippen LogP contribution >= 0.6 is 11.6 Å².